The molecule has 0 radical (unpaired) electrons. The molecular formula is C24H50O4. The summed E-state index contributed by atoms with van der Waals surface area (Å²) in [6.45, 7) is 4.26. The van der Waals surface area contributed by atoms with Crippen LogP contribution in [0.4, 0.5) is 0 Å². The lowest BCUT2D eigenvalue weighted by atomic mass is 9.99. The highest BCUT2D eigenvalue weighted by Crippen LogP contribution is 2.16. The molecule has 4 N–H and O–H groups in total. The summed E-state index contributed by atoms with van der Waals surface area (Å²) < 4.78 is 0. The number of hydrogen-bond acceptors (Lipinski definition) is 4. The van der Waals surface area contributed by atoms with Gasteiger partial charge in [-0.25, -0.2) is 0 Å². The zero-order valence-corrected chi connectivity index (χ0v) is 18.8. The van der Waals surface area contributed by atoms with Gasteiger partial charge in [0.25, 0.3) is 0 Å². The Morgan fingerprint density at radius 2 is 0.679 bits per heavy atom. The molecule has 0 aromatic rings. The molecule has 0 aromatic carbocycles. The second-order valence-corrected chi connectivity index (χ2v) is 8.75. The largest absolute Gasteiger partial charge is 0.393 e. The Bertz CT molecular complexity index is 311. The van der Waals surface area contributed by atoms with E-state index in [1.807, 2.05) is 0 Å². The Morgan fingerprint density at radius 3 is 1.07 bits per heavy atom. The molecule has 0 rings (SSSR count). The van der Waals surface area contributed by atoms with Crippen LogP contribution in [0.1, 0.15) is 129 Å². The van der Waals surface area contributed by atoms with Crippen molar-refractivity contribution >= 4 is 0 Å². The number of rotatable bonds is 21. The summed E-state index contributed by atoms with van der Waals surface area (Å²) in [4.78, 5) is 0. The van der Waals surface area contributed by atoms with Crippen LogP contribution in [-0.2, 0) is 0 Å². The highest BCUT2D eigenvalue weighted by molar-refractivity contribution is 4.63. The number of aliphatic hydroxyl groups is 4. The van der Waals surface area contributed by atoms with E-state index in [0.29, 0.717) is 12.8 Å². The minimum Gasteiger partial charge on any atom is -0.393 e. The predicted octanol–water partition coefficient (Wildman–Crippen LogP) is 5.49. The smallest absolute Gasteiger partial charge is 0.0541 e. The van der Waals surface area contributed by atoms with Gasteiger partial charge in [-0.05, 0) is 51.4 Å². The van der Waals surface area contributed by atoms with Crippen LogP contribution in [0.2, 0.25) is 0 Å². The highest BCUT2D eigenvalue weighted by atomic mass is 16.3. The Balaban J connectivity index is 3.43. The molecule has 0 spiro atoms. The average Bonchev–Trinajstić information content (AvgIpc) is 2.66. The molecule has 28 heavy (non-hydrogen) atoms. The minimum atomic E-state index is -0.283. The standard InChI is InChI=1S/C24H50O4/c1-3-5-8-14-23(27)19-20-24(28)16-10-7-6-9-15-22(26)18-12-11-17-21(25)13-4-2/h21-28H,3-20H2,1-2H3. The average molecular weight is 403 g/mol. The SMILES string of the molecule is CCCCCC(O)CCC(O)CCCCCCC(O)CCCCC(O)CCC. The molecule has 0 amide bonds. The Kier molecular flexibility index (Phi) is 20.0. The lowest BCUT2D eigenvalue weighted by Crippen LogP contribution is -2.13. The van der Waals surface area contributed by atoms with E-state index in [4.69, 9.17) is 0 Å². The van der Waals surface area contributed by atoms with Gasteiger partial charge in [0.15, 0.2) is 0 Å². The zero-order chi connectivity index (χ0) is 21.0. The first-order valence-electron chi connectivity index (χ1n) is 12.2. The van der Waals surface area contributed by atoms with E-state index < -0.39 is 0 Å². The van der Waals surface area contributed by atoms with E-state index in [1.54, 1.807) is 0 Å². The summed E-state index contributed by atoms with van der Waals surface area (Å²) in [5, 5.41) is 39.7. The van der Waals surface area contributed by atoms with E-state index in [1.165, 1.54) is 12.8 Å². The molecule has 0 aliphatic rings. The van der Waals surface area contributed by atoms with Crippen molar-refractivity contribution in [3.63, 3.8) is 0 Å². The third-order valence-corrected chi connectivity index (χ3v) is 5.75. The van der Waals surface area contributed by atoms with Gasteiger partial charge in [0.1, 0.15) is 0 Å². The van der Waals surface area contributed by atoms with Crippen LogP contribution in [0.5, 0.6) is 0 Å². The Labute approximate surface area is 174 Å². The Morgan fingerprint density at radius 1 is 0.357 bits per heavy atom. The molecule has 0 aromatic heterocycles. The first-order valence-corrected chi connectivity index (χ1v) is 12.2. The summed E-state index contributed by atoms with van der Waals surface area (Å²) in [6, 6.07) is 0. The summed E-state index contributed by atoms with van der Waals surface area (Å²) in [5.41, 5.74) is 0. The van der Waals surface area contributed by atoms with Crippen molar-refractivity contribution in [3.8, 4) is 0 Å². The summed E-state index contributed by atoms with van der Waals surface area (Å²) >= 11 is 0. The lowest BCUT2D eigenvalue weighted by Gasteiger charge is -2.14. The van der Waals surface area contributed by atoms with Crippen LogP contribution in [0, 0.1) is 0 Å². The number of unbranched alkanes of at least 4 members (excludes halogenated alkanes) is 6. The van der Waals surface area contributed by atoms with Crippen LogP contribution >= 0.6 is 0 Å². The van der Waals surface area contributed by atoms with Gasteiger partial charge < -0.3 is 20.4 Å². The molecule has 0 saturated heterocycles. The molecule has 4 heteroatoms. The zero-order valence-electron chi connectivity index (χ0n) is 18.8. The van der Waals surface area contributed by atoms with Crippen LogP contribution in [0.15, 0.2) is 0 Å². The molecule has 4 atom stereocenters. The van der Waals surface area contributed by atoms with Crippen LogP contribution < -0.4 is 0 Å². The molecule has 0 aliphatic heterocycles. The first-order chi connectivity index (χ1) is 13.5. The fourth-order valence-electron chi connectivity index (χ4n) is 3.80. The van der Waals surface area contributed by atoms with E-state index >= 15 is 0 Å². The van der Waals surface area contributed by atoms with Crippen molar-refractivity contribution in [2.45, 2.75) is 154 Å². The molecule has 4 unspecified atom stereocenters. The van der Waals surface area contributed by atoms with Crippen LogP contribution in [0.25, 0.3) is 0 Å². The topological polar surface area (TPSA) is 80.9 Å². The van der Waals surface area contributed by atoms with Crippen molar-refractivity contribution < 1.29 is 20.4 Å². The highest BCUT2D eigenvalue weighted by Gasteiger charge is 2.10. The van der Waals surface area contributed by atoms with E-state index in [2.05, 4.69) is 13.8 Å². The second-order valence-electron chi connectivity index (χ2n) is 8.75. The van der Waals surface area contributed by atoms with Gasteiger partial charge in [-0.1, -0.05) is 78.1 Å². The molecule has 0 aliphatic carbocycles. The van der Waals surface area contributed by atoms with Gasteiger partial charge in [0, 0.05) is 0 Å². The Hall–Kier alpha value is -0.160. The van der Waals surface area contributed by atoms with Gasteiger partial charge in [-0.15, -0.1) is 0 Å². The van der Waals surface area contributed by atoms with Crippen molar-refractivity contribution in [1.82, 2.24) is 0 Å². The second kappa shape index (κ2) is 20.1. The fraction of sp³-hybridized carbons (Fsp3) is 1.00. The quantitative estimate of drug-likeness (QED) is 0.191. The predicted molar refractivity (Wildman–Crippen MR) is 118 cm³/mol. The third-order valence-electron chi connectivity index (χ3n) is 5.75. The van der Waals surface area contributed by atoms with Crippen LogP contribution in [0.3, 0.4) is 0 Å². The van der Waals surface area contributed by atoms with E-state index in [0.717, 1.165) is 89.9 Å². The lowest BCUT2D eigenvalue weighted by molar-refractivity contribution is 0.101. The molecule has 0 saturated carbocycles. The van der Waals surface area contributed by atoms with Crippen molar-refractivity contribution in [3.05, 3.63) is 0 Å². The van der Waals surface area contributed by atoms with Crippen LogP contribution in [-0.4, -0.2) is 44.8 Å². The van der Waals surface area contributed by atoms with Gasteiger partial charge in [-0.2, -0.15) is 0 Å². The maximum absolute atomic E-state index is 10.0. The maximum atomic E-state index is 10.0. The van der Waals surface area contributed by atoms with Gasteiger partial charge in [0.2, 0.25) is 0 Å². The molecule has 170 valence electrons. The van der Waals surface area contributed by atoms with E-state index in [-0.39, 0.29) is 24.4 Å². The summed E-state index contributed by atoms with van der Waals surface area (Å²) in [5.74, 6) is 0. The molecule has 0 heterocycles. The first kappa shape index (κ1) is 27.8. The van der Waals surface area contributed by atoms with Gasteiger partial charge >= 0.3 is 0 Å². The normalized spacial score (nSPS) is 16.1. The summed E-state index contributed by atoms with van der Waals surface area (Å²) in [6.07, 6.45) is 16.4. The molecule has 0 fully saturated rings. The number of hydrogen-bond donors (Lipinski definition) is 4. The molecule has 0 bridgehead atoms. The van der Waals surface area contributed by atoms with Gasteiger partial charge in [0.05, 0.1) is 24.4 Å². The molecular weight excluding hydrogens is 352 g/mol. The third kappa shape index (κ3) is 19.2. The monoisotopic (exact) mass is 402 g/mol. The van der Waals surface area contributed by atoms with Crippen molar-refractivity contribution in [1.29, 1.82) is 0 Å². The summed E-state index contributed by atoms with van der Waals surface area (Å²) in [7, 11) is 0. The minimum absolute atomic E-state index is 0.165. The molecule has 4 nitrogen and oxygen atoms in total. The number of aliphatic hydroxyl groups excluding tert-OH is 4. The van der Waals surface area contributed by atoms with Crippen molar-refractivity contribution in [2.24, 2.45) is 0 Å². The van der Waals surface area contributed by atoms with E-state index in [9.17, 15) is 20.4 Å². The van der Waals surface area contributed by atoms with Gasteiger partial charge in [-0.3, -0.25) is 0 Å². The maximum Gasteiger partial charge on any atom is 0.0541 e. The van der Waals surface area contributed by atoms with Crippen molar-refractivity contribution in [2.75, 3.05) is 0 Å². The fourth-order valence-corrected chi connectivity index (χ4v) is 3.80.